The molecule has 0 saturated carbocycles. The van der Waals surface area contributed by atoms with E-state index >= 15 is 0 Å². The molecule has 0 aliphatic heterocycles. The van der Waals surface area contributed by atoms with Crippen LogP contribution < -0.4 is 0 Å². The zero-order chi connectivity index (χ0) is 13.8. The molecule has 0 fully saturated rings. The Morgan fingerprint density at radius 2 is 2.05 bits per heavy atom. The Hall–Kier alpha value is -2.36. The first-order chi connectivity index (χ1) is 9.08. The van der Waals surface area contributed by atoms with Crippen LogP contribution in [-0.4, -0.2) is 15.9 Å². The molecule has 1 heterocycles. The van der Waals surface area contributed by atoms with Crippen molar-refractivity contribution in [2.45, 2.75) is 20.5 Å². The minimum Gasteiger partial charge on any atom is -0.454 e. The number of rotatable bonds is 4. The van der Waals surface area contributed by atoms with Crippen molar-refractivity contribution in [1.29, 1.82) is 0 Å². The number of ether oxygens (including phenoxy) is 1. The Morgan fingerprint density at radius 3 is 2.68 bits per heavy atom. The number of carbonyl (C=O) groups is 1. The summed E-state index contributed by atoms with van der Waals surface area (Å²) in [6.07, 6.45) is 0. The highest BCUT2D eigenvalue weighted by atomic mass is 16.5. The number of aryl methyl sites for hydroxylation is 1. The Kier molecular flexibility index (Phi) is 3.80. The highest BCUT2D eigenvalue weighted by Crippen LogP contribution is 2.20. The van der Waals surface area contributed by atoms with Gasteiger partial charge in [0.25, 0.3) is 0 Å². The van der Waals surface area contributed by atoms with E-state index in [0.29, 0.717) is 11.4 Å². The number of carbonyl (C=O) groups excluding carboxylic acids is 1. The second-order valence-corrected chi connectivity index (χ2v) is 4.38. The molecule has 0 aliphatic carbocycles. The SMILES string of the molecule is C=C(C)C(=O)OCc1nc(-c2ccccc2)c(C)[nH]1. The van der Waals surface area contributed by atoms with Crippen LogP contribution in [-0.2, 0) is 16.1 Å². The van der Waals surface area contributed by atoms with Gasteiger partial charge in [-0.3, -0.25) is 0 Å². The number of H-pyrrole nitrogens is 1. The molecular formula is C15H16N2O2. The summed E-state index contributed by atoms with van der Waals surface area (Å²) in [5, 5.41) is 0. The number of esters is 1. The molecule has 0 bridgehead atoms. The summed E-state index contributed by atoms with van der Waals surface area (Å²) in [6, 6.07) is 9.87. The fourth-order valence-electron chi connectivity index (χ4n) is 1.72. The molecule has 0 atom stereocenters. The van der Waals surface area contributed by atoms with Gasteiger partial charge >= 0.3 is 5.97 Å². The summed E-state index contributed by atoms with van der Waals surface area (Å²) >= 11 is 0. The van der Waals surface area contributed by atoms with Gasteiger partial charge in [0.2, 0.25) is 0 Å². The van der Waals surface area contributed by atoms with Crippen molar-refractivity contribution in [2.24, 2.45) is 0 Å². The van der Waals surface area contributed by atoms with Crippen LogP contribution in [0.15, 0.2) is 42.5 Å². The second-order valence-electron chi connectivity index (χ2n) is 4.38. The van der Waals surface area contributed by atoms with Crippen molar-refractivity contribution in [3.63, 3.8) is 0 Å². The molecule has 0 spiro atoms. The van der Waals surface area contributed by atoms with E-state index in [-0.39, 0.29) is 6.61 Å². The highest BCUT2D eigenvalue weighted by Gasteiger charge is 2.10. The maximum Gasteiger partial charge on any atom is 0.333 e. The molecule has 2 aromatic rings. The van der Waals surface area contributed by atoms with Crippen molar-refractivity contribution in [3.8, 4) is 11.3 Å². The average molecular weight is 256 g/mol. The standard InChI is InChI=1S/C15H16N2O2/c1-10(2)15(18)19-9-13-16-11(3)14(17-13)12-7-5-4-6-8-12/h4-8H,1,9H2,2-3H3,(H,16,17). The van der Waals surface area contributed by atoms with E-state index in [1.54, 1.807) is 6.92 Å². The predicted molar refractivity (Wildman–Crippen MR) is 73.4 cm³/mol. The third kappa shape index (κ3) is 3.10. The van der Waals surface area contributed by atoms with Crippen molar-refractivity contribution >= 4 is 5.97 Å². The van der Waals surface area contributed by atoms with Crippen molar-refractivity contribution < 1.29 is 9.53 Å². The topological polar surface area (TPSA) is 55.0 Å². The minimum absolute atomic E-state index is 0.124. The van der Waals surface area contributed by atoms with Crippen LogP contribution in [0.3, 0.4) is 0 Å². The zero-order valence-corrected chi connectivity index (χ0v) is 11.1. The molecule has 2 rings (SSSR count). The van der Waals surface area contributed by atoms with Crippen molar-refractivity contribution in [2.75, 3.05) is 0 Å². The van der Waals surface area contributed by atoms with Gasteiger partial charge in [-0.15, -0.1) is 0 Å². The van der Waals surface area contributed by atoms with Crippen molar-refractivity contribution in [1.82, 2.24) is 9.97 Å². The smallest absolute Gasteiger partial charge is 0.333 e. The largest absolute Gasteiger partial charge is 0.454 e. The number of hydrogen-bond acceptors (Lipinski definition) is 3. The Balaban J connectivity index is 2.14. The van der Waals surface area contributed by atoms with Gasteiger partial charge in [-0.05, 0) is 13.8 Å². The van der Waals surface area contributed by atoms with Crippen LogP contribution in [0.4, 0.5) is 0 Å². The van der Waals surface area contributed by atoms with Gasteiger partial charge in [0.05, 0.1) is 5.69 Å². The molecule has 98 valence electrons. The van der Waals surface area contributed by atoms with Gasteiger partial charge in [0.15, 0.2) is 0 Å². The van der Waals surface area contributed by atoms with Crippen molar-refractivity contribution in [3.05, 3.63) is 54.0 Å². The maximum atomic E-state index is 11.3. The van der Waals surface area contributed by atoms with Crippen LogP contribution in [0.25, 0.3) is 11.3 Å². The number of hydrogen-bond donors (Lipinski definition) is 1. The molecule has 4 nitrogen and oxygen atoms in total. The maximum absolute atomic E-state index is 11.3. The monoisotopic (exact) mass is 256 g/mol. The number of aromatic nitrogens is 2. The molecule has 4 heteroatoms. The minimum atomic E-state index is -0.407. The van der Waals surface area contributed by atoms with E-state index in [4.69, 9.17) is 4.74 Å². The lowest BCUT2D eigenvalue weighted by Crippen LogP contribution is -2.05. The van der Waals surface area contributed by atoms with E-state index < -0.39 is 5.97 Å². The van der Waals surface area contributed by atoms with Crippen LogP contribution >= 0.6 is 0 Å². The summed E-state index contributed by atoms with van der Waals surface area (Å²) in [7, 11) is 0. The Bertz CT molecular complexity index is 600. The lowest BCUT2D eigenvalue weighted by molar-refractivity contribution is -0.140. The molecule has 0 unspecified atom stereocenters. The van der Waals surface area contributed by atoms with Gasteiger partial charge in [-0.25, -0.2) is 9.78 Å². The second kappa shape index (κ2) is 5.52. The summed E-state index contributed by atoms with van der Waals surface area (Å²) in [4.78, 5) is 18.9. The average Bonchev–Trinajstić information content (AvgIpc) is 2.78. The molecule has 19 heavy (non-hydrogen) atoms. The van der Waals surface area contributed by atoms with Crippen LogP contribution in [0, 0.1) is 6.92 Å². The fraction of sp³-hybridized carbons (Fsp3) is 0.200. The molecule has 1 aromatic heterocycles. The molecule has 0 saturated heterocycles. The van der Waals surface area contributed by atoms with E-state index in [0.717, 1.165) is 17.0 Å². The molecule has 1 aromatic carbocycles. The normalized spacial score (nSPS) is 10.2. The third-order valence-corrected chi connectivity index (χ3v) is 2.67. The molecule has 0 aliphatic rings. The van der Waals surface area contributed by atoms with Crippen LogP contribution in [0.2, 0.25) is 0 Å². The summed E-state index contributed by atoms with van der Waals surface area (Å²) < 4.78 is 5.06. The van der Waals surface area contributed by atoms with E-state index in [9.17, 15) is 4.79 Å². The molecular weight excluding hydrogens is 240 g/mol. The molecule has 0 amide bonds. The van der Waals surface area contributed by atoms with Crippen LogP contribution in [0.5, 0.6) is 0 Å². The van der Waals surface area contributed by atoms with Gasteiger partial charge in [0.1, 0.15) is 12.4 Å². The third-order valence-electron chi connectivity index (χ3n) is 2.67. The first kappa shape index (κ1) is 13.1. The van der Waals surface area contributed by atoms with E-state index in [1.165, 1.54) is 0 Å². The number of nitrogens with zero attached hydrogens (tertiary/aromatic N) is 1. The lowest BCUT2D eigenvalue weighted by Gasteiger charge is -2.00. The Morgan fingerprint density at radius 1 is 1.37 bits per heavy atom. The molecule has 0 radical (unpaired) electrons. The number of nitrogens with one attached hydrogen (secondary N) is 1. The highest BCUT2D eigenvalue weighted by molar-refractivity contribution is 5.86. The Labute approximate surface area is 112 Å². The summed E-state index contributed by atoms with van der Waals surface area (Å²) in [5.41, 5.74) is 3.25. The first-order valence-electron chi connectivity index (χ1n) is 6.01. The van der Waals surface area contributed by atoms with E-state index in [1.807, 2.05) is 37.3 Å². The first-order valence-corrected chi connectivity index (χ1v) is 6.01. The fourth-order valence-corrected chi connectivity index (χ4v) is 1.72. The quantitative estimate of drug-likeness (QED) is 0.675. The number of benzene rings is 1. The van der Waals surface area contributed by atoms with E-state index in [2.05, 4.69) is 16.5 Å². The number of aromatic amines is 1. The lowest BCUT2D eigenvalue weighted by atomic mass is 10.1. The summed E-state index contributed by atoms with van der Waals surface area (Å²) in [5.74, 6) is 0.223. The summed E-state index contributed by atoms with van der Waals surface area (Å²) in [6.45, 7) is 7.22. The number of imidazole rings is 1. The van der Waals surface area contributed by atoms with Gasteiger partial charge < -0.3 is 9.72 Å². The van der Waals surface area contributed by atoms with Gasteiger partial charge in [-0.1, -0.05) is 36.9 Å². The van der Waals surface area contributed by atoms with Crippen LogP contribution in [0.1, 0.15) is 18.4 Å². The molecule has 1 N–H and O–H groups in total. The van der Waals surface area contributed by atoms with Gasteiger partial charge in [-0.2, -0.15) is 0 Å². The van der Waals surface area contributed by atoms with Gasteiger partial charge in [0, 0.05) is 16.8 Å². The zero-order valence-electron chi connectivity index (χ0n) is 11.1. The predicted octanol–water partition coefficient (Wildman–Crippen LogP) is 3.00.